The van der Waals surface area contributed by atoms with E-state index in [9.17, 15) is 28.4 Å². The van der Waals surface area contributed by atoms with Crippen LogP contribution in [0.25, 0.3) is 10.9 Å². The molecule has 6 N–H and O–H groups in total. The molecule has 5 aliphatic heterocycles. The minimum Gasteiger partial charge on any atom is -0.508 e. The summed E-state index contributed by atoms with van der Waals surface area (Å²) in [6.45, 7) is 10.9. The lowest BCUT2D eigenvalue weighted by molar-refractivity contribution is -0.132. The molecule has 87 heavy (non-hydrogen) atoms. The highest BCUT2D eigenvalue weighted by Crippen LogP contribution is 2.39. The molecule has 3 fully saturated rings. The number of aromatic nitrogens is 2. The topological polar surface area (TPSA) is 311 Å². The number of nitrogens with zero attached hydrogens (tertiary/aromatic N) is 4. The van der Waals surface area contributed by atoms with Crippen LogP contribution >= 0.6 is 15.9 Å². The molecule has 7 aromatic rings. The molecule has 0 bridgehead atoms. The quantitative estimate of drug-likeness (QED) is 0.0205. The summed E-state index contributed by atoms with van der Waals surface area (Å²) in [4.78, 5) is 65.7. The van der Waals surface area contributed by atoms with Crippen LogP contribution in [0.4, 0.5) is 15.9 Å². The van der Waals surface area contributed by atoms with Crippen molar-refractivity contribution in [3.63, 3.8) is 0 Å². The fraction of sp³-hybridized carbons (Fsp3) is 0.306. The molecule has 0 amide bonds. The van der Waals surface area contributed by atoms with E-state index in [0.29, 0.717) is 111 Å². The number of esters is 1. The third kappa shape index (κ3) is 20.4. The number of aliphatic hydroxyl groups excluding tert-OH is 2. The van der Waals surface area contributed by atoms with Crippen LogP contribution in [0.1, 0.15) is 53.9 Å². The van der Waals surface area contributed by atoms with Gasteiger partial charge < -0.3 is 73.6 Å². The predicted molar refractivity (Wildman–Crippen MR) is 318 cm³/mol. The molecule has 0 saturated carbocycles. The van der Waals surface area contributed by atoms with Gasteiger partial charge in [-0.15, -0.1) is 0 Å². The molecule has 0 radical (unpaired) electrons. The number of benzene rings is 6. The normalized spacial score (nSPS) is 17.5. The van der Waals surface area contributed by atoms with E-state index in [-0.39, 0.29) is 66.4 Å². The van der Waals surface area contributed by atoms with Crippen LogP contribution in [0.5, 0.6) is 51.7 Å². The van der Waals surface area contributed by atoms with Gasteiger partial charge in [0.2, 0.25) is 0 Å². The van der Waals surface area contributed by atoms with Gasteiger partial charge in [-0.25, -0.2) is 14.4 Å². The molecular formula is C62H65BrFN5O18. The van der Waals surface area contributed by atoms with Crippen molar-refractivity contribution in [2.24, 2.45) is 0 Å². The Hall–Kier alpha value is -8.82. The average Bonchev–Trinajstić information content (AvgIpc) is 2.80. The van der Waals surface area contributed by atoms with Gasteiger partial charge in [0.1, 0.15) is 81.2 Å². The number of fused-ring (bicyclic) bond motifs is 3. The third-order valence-corrected chi connectivity index (χ3v) is 13.6. The number of aryl methyl sites for hydroxylation is 1. The molecule has 23 nitrogen and oxygen atoms in total. The minimum absolute atomic E-state index is 0.0445. The molecule has 460 valence electrons. The molecular weight excluding hydrogens is 1200 g/mol. The Morgan fingerprint density at radius 3 is 1.90 bits per heavy atom. The van der Waals surface area contributed by atoms with E-state index < -0.39 is 5.97 Å². The van der Waals surface area contributed by atoms with Gasteiger partial charge in [-0.1, -0.05) is 6.07 Å². The lowest BCUT2D eigenvalue weighted by Crippen LogP contribution is -2.49. The third-order valence-electron chi connectivity index (χ3n) is 13.0. The Bertz CT molecular complexity index is 3420. The number of rotatable bonds is 14. The van der Waals surface area contributed by atoms with E-state index in [1.54, 1.807) is 67.6 Å². The Kier molecular flexibility index (Phi) is 24.6. The van der Waals surface area contributed by atoms with Crippen LogP contribution in [-0.4, -0.2) is 187 Å². The minimum atomic E-state index is -0.458. The second-order valence-corrected chi connectivity index (χ2v) is 20.7. The van der Waals surface area contributed by atoms with E-state index in [2.05, 4.69) is 52.8 Å². The number of aliphatic hydroxyl groups is 2. The standard InChI is InChI=1S/C22H23BrFN5O2.C12H12O5.C10H10O4.C8H8O2.C7H6O3.C3H6O2/c1-28-5-7-29(8-6-28)11-14-12-30-19-10-18-15(9-20(19)31-14)22(26-13-25-18)27-17-4-2-3-16(23)21(17)24;1-8(14)17-12-4-9(5-13)2-3-11(12)16-7-10-6-15-10;11-4-7-1-2-9-10(3-7)14-8(5-12)6-13-9;1-6-4-7(5-9)2-3-8(6)10;8-4-5-1-2-6(9)7(10)3-5;4-1-3-2-5-3/h2-4,9-10,13-14H,5-8,11-12H2,1H3,(H,25,26,27);2-5,10H,6-7H2,1H3;1-4,8,12H,5-6H2;2-5,10H,1H3;1-4,9-10H;3-4H,1-2H2. The zero-order valence-electron chi connectivity index (χ0n) is 47.6. The number of halogens is 2. The number of likely N-dealkylation sites (N-methyl/N-ethyl adjacent to an activating group) is 1. The van der Waals surface area contributed by atoms with Crippen molar-refractivity contribution in [2.45, 2.75) is 38.3 Å². The summed E-state index contributed by atoms with van der Waals surface area (Å²) in [5.41, 5.74) is 3.65. The number of epoxide rings is 2. The summed E-state index contributed by atoms with van der Waals surface area (Å²) in [5, 5.41) is 47.4. The summed E-state index contributed by atoms with van der Waals surface area (Å²) >= 11 is 3.22. The first kappa shape index (κ1) is 65.7. The number of carbonyl (C=O) groups excluding carboxylic acids is 5. The van der Waals surface area contributed by atoms with Gasteiger partial charge in [0, 0.05) is 73.4 Å². The lowest BCUT2D eigenvalue weighted by Gasteiger charge is -2.36. The van der Waals surface area contributed by atoms with Crippen LogP contribution in [0.15, 0.2) is 114 Å². The van der Waals surface area contributed by atoms with Gasteiger partial charge in [0.25, 0.3) is 0 Å². The Morgan fingerprint density at radius 1 is 0.667 bits per heavy atom. The van der Waals surface area contributed by atoms with Gasteiger partial charge in [-0.3, -0.25) is 28.9 Å². The van der Waals surface area contributed by atoms with E-state index in [1.807, 2.05) is 12.1 Å². The number of ether oxygens (including phenoxy) is 8. The molecule has 0 aliphatic carbocycles. The fourth-order valence-corrected chi connectivity index (χ4v) is 8.40. The van der Waals surface area contributed by atoms with Crippen molar-refractivity contribution < 1.29 is 91.8 Å². The van der Waals surface area contributed by atoms with Crippen LogP contribution in [0.2, 0.25) is 0 Å². The first-order valence-electron chi connectivity index (χ1n) is 27.2. The Labute approximate surface area is 507 Å². The number of phenolic OH excluding ortho intramolecular Hbond substituents is 3. The van der Waals surface area contributed by atoms with Crippen molar-refractivity contribution >= 4 is 69.5 Å². The van der Waals surface area contributed by atoms with E-state index in [1.165, 1.54) is 43.6 Å². The maximum atomic E-state index is 14.5. The maximum absolute atomic E-state index is 14.5. The molecule has 4 unspecified atom stereocenters. The molecule has 5 aliphatic rings. The lowest BCUT2D eigenvalue weighted by atomic mass is 10.1. The first-order chi connectivity index (χ1) is 42.0. The van der Waals surface area contributed by atoms with E-state index in [0.717, 1.165) is 62.9 Å². The molecule has 4 atom stereocenters. The maximum Gasteiger partial charge on any atom is 0.308 e. The zero-order chi connectivity index (χ0) is 62.4. The number of hydrogen-bond donors (Lipinski definition) is 6. The van der Waals surface area contributed by atoms with Crippen molar-refractivity contribution in [1.29, 1.82) is 0 Å². The second kappa shape index (κ2) is 32.6. The molecule has 25 heteroatoms. The number of anilines is 2. The van der Waals surface area contributed by atoms with E-state index in [4.69, 9.17) is 58.7 Å². The number of piperazine rings is 1. The summed E-state index contributed by atoms with van der Waals surface area (Å²) in [6.07, 6.45) is 4.15. The molecule has 6 heterocycles. The van der Waals surface area contributed by atoms with Crippen LogP contribution < -0.4 is 33.7 Å². The highest BCUT2D eigenvalue weighted by atomic mass is 79.9. The summed E-state index contributed by atoms with van der Waals surface area (Å²) in [5.74, 6) is 2.55. The fourth-order valence-electron chi connectivity index (χ4n) is 8.03. The molecule has 0 spiro atoms. The largest absolute Gasteiger partial charge is 0.508 e. The van der Waals surface area contributed by atoms with E-state index >= 15 is 0 Å². The number of phenols is 3. The monoisotopic (exact) mass is 1270 g/mol. The Morgan fingerprint density at radius 2 is 1.26 bits per heavy atom. The molecule has 12 rings (SSSR count). The van der Waals surface area contributed by atoms with Crippen molar-refractivity contribution in [3.8, 4) is 51.7 Å². The zero-order valence-corrected chi connectivity index (χ0v) is 49.2. The van der Waals surface area contributed by atoms with Gasteiger partial charge in [-0.2, -0.15) is 0 Å². The summed E-state index contributed by atoms with van der Waals surface area (Å²) in [6, 6.07) is 27.0. The predicted octanol–water partition coefficient (Wildman–Crippen LogP) is 7.30. The van der Waals surface area contributed by atoms with Crippen molar-refractivity contribution in [1.82, 2.24) is 19.8 Å². The highest BCUT2D eigenvalue weighted by Gasteiger charge is 2.27. The van der Waals surface area contributed by atoms with Gasteiger partial charge >= 0.3 is 5.97 Å². The molecule has 6 aromatic carbocycles. The second-order valence-electron chi connectivity index (χ2n) is 19.8. The number of nitrogens with one attached hydrogen (secondary N) is 1. The smallest absolute Gasteiger partial charge is 0.308 e. The van der Waals surface area contributed by atoms with Crippen LogP contribution in [0, 0.1) is 12.7 Å². The summed E-state index contributed by atoms with van der Waals surface area (Å²) in [7, 11) is 2.15. The Balaban J connectivity index is 0.000000164. The SMILES string of the molecule is CC(=O)Oc1cc(C=O)ccc1OCC1CO1.CN1CCN(CC2COc3cc4ncnc(Nc5cccc(Br)c5F)c4cc3O2)CC1.Cc1cc(C=O)ccc1O.O=Cc1ccc(O)c(O)c1.O=Cc1ccc2c(c1)OC(CO)CO2.OCC1CO1. The number of aldehydes is 4. The molecule has 3 saturated heterocycles. The van der Waals surface area contributed by atoms with Crippen molar-refractivity contribution in [2.75, 3.05) is 91.3 Å². The van der Waals surface area contributed by atoms with Crippen molar-refractivity contribution in [3.05, 3.63) is 148 Å². The number of hydrogen-bond acceptors (Lipinski definition) is 23. The highest BCUT2D eigenvalue weighted by molar-refractivity contribution is 9.10. The first-order valence-corrected chi connectivity index (χ1v) is 27.9. The van der Waals surface area contributed by atoms with Crippen LogP contribution in [0.3, 0.4) is 0 Å². The summed E-state index contributed by atoms with van der Waals surface area (Å²) < 4.78 is 57.9. The van der Waals surface area contributed by atoms with Crippen LogP contribution in [-0.2, 0) is 14.3 Å². The number of aromatic hydroxyl groups is 3. The van der Waals surface area contributed by atoms with Gasteiger partial charge in [-0.05, 0) is 126 Å². The van der Waals surface area contributed by atoms with Gasteiger partial charge in [0.05, 0.1) is 42.1 Å². The number of carbonyl (C=O) groups is 5. The molecule has 1 aromatic heterocycles. The average molecular weight is 1270 g/mol. The van der Waals surface area contributed by atoms with Gasteiger partial charge in [0.15, 0.2) is 57.9 Å².